The molecule has 1 saturated heterocycles. The lowest BCUT2D eigenvalue weighted by Gasteiger charge is -2.33. The Morgan fingerprint density at radius 2 is 1.64 bits per heavy atom. The van der Waals surface area contributed by atoms with Gasteiger partial charge < -0.3 is 24.7 Å². The van der Waals surface area contributed by atoms with Gasteiger partial charge in [0.1, 0.15) is 6.04 Å². The summed E-state index contributed by atoms with van der Waals surface area (Å²) in [6.07, 6.45) is 5.43. The third-order valence-corrected chi connectivity index (χ3v) is 7.21. The minimum Gasteiger partial charge on any atom is -0.459 e. The summed E-state index contributed by atoms with van der Waals surface area (Å²) in [5.74, 6) is -0.743. The number of carbonyl (C=O) groups is 3. The van der Waals surface area contributed by atoms with Crippen LogP contribution >= 0.6 is 0 Å². The molecule has 2 aromatic carbocycles. The summed E-state index contributed by atoms with van der Waals surface area (Å²) in [4.78, 5) is 43.1. The first-order valence-corrected chi connectivity index (χ1v) is 13.5. The first kappa shape index (κ1) is 26.5. The summed E-state index contributed by atoms with van der Waals surface area (Å²) in [6.45, 7) is 4.39. The van der Waals surface area contributed by atoms with Crippen LogP contribution in [0.25, 0.3) is 0 Å². The summed E-state index contributed by atoms with van der Waals surface area (Å²) in [7, 11) is 0. The normalized spacial score (nSPS) is 16.5. The molecule has 2 fully saturated rings. The second-order valence-corrected chi connectivity index (χ2v) is 9.96. The molecule has 204 valence electrons. The lowest BCUT2D eigenvalue weighted by molar-refractivity contribution is -0.123. The molecular formula is C30H34N4O5. The van der Waals surface area contributed by atoms with Crippen molar-refractivity contribution in [2.45, 2.75) is 44.7 Å². The van der Waals surface area contributed by atoms with Gasteiger partial charge in [-0.3, -0.25) is 19.3 Å². The molecule has 1 atom stereocenters. The van der Waals surface area contributed by atoms with Crippen LogP contribution in [0.15, 0.2) is 71.3 Å². The number of hydrogen-bond donors (Lipinski definition) is 2. The molecule has 2 heterocycles. The summed E-state index contributed by atoms with van der Waals surface area (Å²) in [5.41, 5.74) is 2.83. The number of benzene rings is 2. The summed E-state index contributed by atoms with van der Waals surface area (Å²) < 4.78 is 11.0. The van der Waals surface area contributed by atoms with Crippen LogP contribution in [-0.2, 0) is 14.3 Å². The Kier molecular flexibility index (Phi) is 8.27. The number of ether oxygens (including phenoxy) is 1. The Balaban J connectivity index is 1.54. The second kappa shape index (κ2) is 12.2. The van der Waals surface area contributed by atoms with E-state index in [0.29, 0.717) is 30.2 Å². The van der Waals surface area contributed by atoms with Crippen molar-refractivity contribution in [1.29, 1.82) is 0 Å². The largest absolute Gasteiger partial charge is 0.459 e. The summed E-state index contributed by atoms with van der Waals surface area (Å²) >= 11 is 0. The molecule has 1 aliphatic heterocycles. The number of anilines is 3. The zero-order valence-corrected chi connectivity index (χ0v) is 22.1. The fourth-order valence-corrected chi connectivity index (χ4v) is 5.27. The average molecular weight is 531 g/mol. The minimum absolute atomic E-state index is 0.0790. The van der Waals surface area contributed by atoms with Crippen molar-refractivity contribution in [3.8, 4) is 0 Å². The number of nitrogens with one attached hydrogen (secondary N) is 2. The van der Waals surface area contributed by atoms with Crippen LogP contribution < -0.4 is 20.4 Å². The van der Waals surface area contributed by atoms with Crippen molar-refractivity contribution < 1.29 is 23.5 Å². The van der Waals surface area contributed by atoms with Gasteiger partial charge in [0.25, 0.3) is 5.91 Å². The number of hydrogen-bond acceptors (Lipinski definition) is 6. The van der Waals surface area contributed by atoms with E-state index in [2.05, 4.69) is 15.5 Å². The first-order chi connectivity index (χ1) is 19.0. The molecule has 0 spiro atoms. The number of rotatable bonds is 8. The van der Waals surface area contributed by atoms with Crippen molar-refractivity contribution in [1.82, 2.24) is 5.32 Å². The van der Waals surface area contributed by atoms with Crippen molar-refractivity contribution in [2.24, 2.45) is 0 Å². The van der Waals surface area contributed by atoms with Gasteiger partial charge in [-0.2, -0.15) is 0 Å². The number of nitrogens with zero attached hydrogens (tertiary/aromatic N) is 2. The highest BCUT2D eigenvalue weighted by Crippen LogP contribution is 2.33. The first-order valence-electron chi connectivity index (χ1n) is 13.5. The van der Waals surface area contributed by atoms with Crippen LogP contribution in [0.5, 0.6) is 0 Å². The maximum Gasteiger partial charge on any atom is 0.294 e. The molecule has 0 bridgehead atoms. The van der Waals surface area contributed by atoms with Gasteiger partial charge >= 0.3 is 0 Å². The van der Waals surface area contributed by atoms with E-state index in [-0.39, 0.29) is 23.6 Å². The molecule has 1 saturated carbocycles. The van der Waals surface area contributed by atoms with Gasteiger partial charge in [-0.15, -0.1) is 0 Å². The molecule has 2 N–H and O–H groups in total. The Bertz CT molecular complexity index is 1260. The third-order valence-electron chi connectivity index (χ3n) is 7.21. The van der Waals surface area contributed by atoms with Crippen LogP contribution in [0.1, 0.15) is 54.8 Å². The molecule has 3 amide bonds. The topological polar surface area (TPSA) is 104 Å². The average Bonchev–Trinajstić information content (AvgIpc) is 3.67. The fraction of sp³-hybridized carbons (Fsp3) is 0.367. The van der Waals surface area contributed by atoms with E-state index in [0.717, 1.165) is 44.5 Å². The number of carbonyl (C=O) groups excluding carboxylic acids is 3. The van der Waals surface area contributed by atoms with Crippen LogP contribution in [-0.4, -0.2) is 50.1 Å². The SMILES string of the molecule is CC(=O)Nc1ccc(N(C(=O)c2ccco2)[C@@H](C(=O)NC2CCCC2)c2ccc(N3CCOCC3)cc2)cc1. The van der Waals surface area contributed by atoms with Gasteiger partial charge in [0, 0.05) is 43.1 Å². The summed E-state index contributed by atoms with van der Waals surface area (Å²) in [6, 6.07) is 17.1. The highest BCUT2D eigenvalue weighted by atomic mass is 16.5. The highest BCUT2D eigenvalue weighted by Gasteiger charge is 2.36. The molecule has 39 heavy (non-hydrogen) atoms. The van der Waals surface area contributed by atoms with Gasteiger partial charge in [0.2, 0.25) is 11.8 Å². The summed E-state index contributed by atoms with van der Waals surface area (Å²) in [5, 5.41) is 5.94. The van der Waals surface area contributed by atoms with E-state index in [1.165, 1.54) is 18.1 Å². The molecular weight excluding hydrogens is 496 g/mol. The predicted octanol–water partition coefficient (Wildman–Crippen LogP) is 4.52. The van der Waals surface area contributed by atoms with E-state index < -0.39 is 11.9 Å². The zero-order valence-electron chi connectivity index (χ0n) is 22.1. The second-order valence-electron chi connectivity index (χ2n) is 9.96. The van der Waals surface area contributed by atoms with Crippen molar-refractivity contribution >= 4 is 34.8 Å². The maximum atomic E-state index is 14.0. The lowest BCUT2D eigenvalue weighted by Crippen LogP contribution is -2.46. The van der Waals surface area contributed by atoms with Crippen LogP contribution in [0.4, 0.5) is 17.1 Å². The molecule has 9 heteroatoms. The minimum atomic E-state index is -0.937. The van der Waals surface area contributed by atoms with Crippen LogP contribution in [0, 0.1) is 0 Å². The Labute approximate surface area is 228 Å². The standard InChI is InChI=1S/C30H34N4O5/c1-21(35)31-24-10-14-26(15-11-24)34(30(37)27-7-4-18-39-27)28(29(36)32-23-5-2-3-6-23)22-8-12-25(13-9-22)33-16-19-38-20-17-33/h4,7-15,18,23,28H,2-3,5-6,16-17,19-20H2,1H3,(H,31,35)(H,32,36)/t28-/m1/s1. The Hall–Kier alpha value is -4.11. The van der Waals surface area contributed by atoms with Gasteiger partial charge in [0.15, 0.2) is 5.76 Å². The zero-order chi connectivity index (χ0) is 27.2. The third kappa shape index (κ3) is 6.31. The highest BCUT2D eigenvalue weighted by molar-refractivity contribution is 6.09. The van der Waals surface area contributed by atoms with E-state index in [1.54, 1.807) is 36.4 Å². The lowest BCUT2D eigenvalue weighted by atomic mass is 10.0. The molecule has 1 aliphatic carbocycles. The van der Waals surface area contributed by atoms with Gasteiger partial charge in [-0.1, -0.05) is 25.0 Å². The van der Waals surface area contributed by atoms with E-state index in [1.807, 2.05) is 24.3 Å². The van der Waals surface area contributed by atoms with Crippen molar-refractivity contribution in [3.05, 3.63) is 78.3 Å². The van der Waals surface area contributed by atoms with E-state index in [9.17, 15) is 14.4 Å². The molecule has 3 aromatic rings. The van der Waals surface area contributed by atoms with Gasteiger partial charge in [0.05, 0.1) is 19.5 Å². The molecule has 0 unspecified atom stereocenters. The Morgan fingerprint density at radius 3 is 2.26 bits per heavy atom. The predicted molar refractivity (Wildman–Crippen MR) is 149 cm³/mol. The van der Waals surface area contributed by atoms with Gasteiger partial charge in [-0.05, 0) is 66.9 Å². The molecule has 2 aliphatic rings. The fourth-order valence-electron chi connectivity index (χ4n) is 5.27. The molecule has 5 rings (SSSR count). The number of morpholine rings is 1. The Morgan fingerprint density at radius 1 is 0.949 bits per heavy atom. The van der Waals surface area contributed by atoms with Crippen molar-refractivity contribution in [2.75, 3.05) is 41.4 Å². The maximum absolute atomic E-state index is 14.0. The molecule has 1 aromatic heterocycles. The molecule has 9 nitrogen and oxygen atoms in total. The van der Waals surface area contributed by atoms with E-state index >= 15 is 0 Å². The quantitative estimate of drug-likeness (QED) is 0.444. The van der Waals surface area contributed by atoms with E-state index in [4.69, 9.17) is 9.15 Å². The smallest absolute Gasteiger partial charge is 0.294 e. The van der Waals surface area contributed by atoms with Crippen LogP contribution in [0.2, 0.25) is 0 Å². The molecule has 0 radical (unpaired) electrons. The monoisotopic (exact) mass is 530 g/mol. The van der Waals surface area contributed by atoms with Crippen molar-refractivity contribution in [3.63, 3.8) is 0 Å². The number of amides is 3. The number of furan rings is 1. The van der Waals surface area contributed by atoms with Gasteiger partial charge in [-0.25, -0.2) is 0 Å². The van der Waals surface area contributed by atoms with Crippen LogP contribution in [0.3, 0.4) is 0 Å².